The molecule has 0 saturated heterocycles. The number of nitrogens with one attached hydrogen (secondary N) is 1. The van der Waals surface area contributed by atoms with E-state index in [0.717, 1.165) is 77.0 Å². The van der Waals surface area contributed by atoms with E-state index in [4.69, 9.17) is 4.74 Å². The molecule has 0 aliphatic rings. The number of ether oxygens (including phenoxy) is 1. The molecule has 6 heteroatoms. The number of unbranched alkanes of at least 4 members (excludes halogenated alkanes) is 27. The summed E-state index contributed by atoms with van der Waals surface area (Å²) in [6.07, 6.45) is 56.0. The maximum atomic E-state index is 13.2. The Kier molecular flexibility index (Phi) is 45.1. The topological polar surface area (TPSA) is 95.9 Å². The largest absolute Gasteiger partial charge is 0.462 e. The zero-order valence-corrected chi connectivity index (χ0v) is 39.1. The lowest BCUT2D eigenvalue weighted by Crippen LogP contribution is -2.46. The number of aliphatic hydroxyl groups excluding tert-OH is 2. The van der Waals surface area contributed by atoms with Gasteiger partial charge in [-0.2, -0.15) is 0 Å². The van der Waals surface area contributed by atoms with Gasteiger partial charge in [-0.05, 0) is 77.0 Å². The fourth-order valence-electron chi connectivity index (χ4n) is 7.53. The van der Waals surface area contributed by atoms with Crippen LogP contribution >= 0.6 is 0 Å². The number of amides is 1. The average molecular weight is 828 g/mol. The quantitative estimate of drug-likeness (QED) is 0.0323. The first-order chi connectivity index (χ1) is 29.0. The van der Waals surface area contributed by atoms with Gasteiger partial charge in [0.15, 0.2) is 0 Å². The Labute approximate surface area is 366 Å². The molecule has 1 amide bonds. The van der Waals surface area contributed by atoms with Crippen molar-refractivity contribution in [3.05, 3.63) is 48.6 Å². The zero-order valence-electron chi connectivity index (χ0n) is 39.1. The second-order valence-electron chi connectivity index (χ2n) is 17.3. The summed E-state index contributed by atoms with van der Waals surface area (Å²) in [5.41, 5.74) is 0. The fourth-order valence-corrected chi connectivity index (χ4v) is 7.53. The minimum Gasteiger partial charge on any atom is -0.462 e. The van der Waals surface area contributed by atoms with Crippen LogP contribution in [0.3, 0.4) is 0 Å². The average Bonchev–Trinajstić information content (AvgIpc) is 3.23. The fraction of sp³-hybridized carbons (Fsp3) is 0.811. The lowest BCUT2D eigenvalue weighted by atomic mass is 10.0. The first-order valence-electron chi connectivity index (χ1n) is 25.4. The van der Waals surface area contributed by atoms with E-state index in [0.29, 0.717) is 19.3 Å². The molecule has 344 valence electrons. The Morgan fingerprint density at radius 2 is 0.847 bits per heavy atom. The molecular weight excluding hydrogens is 731 g/mol. The van der Waals surface area contributed by atoms with Crippen LogP contribution in [0.25, 0.3) is 0 Å². The number of allylic oxidation sites excluding steroid dienone is 8. The molecule has 0 radical (unpaired) electrons. The molecule has 0 bridgehead atoms. The van der Waals surface area contributed by atoms with Gasteiger partial charge in [0.2, 0.25) is 5.91 Å². The molecule has 0 heterocycles. The Bertz CT molecular complexity index is 1020. The van der Waals surface area contributed by atoms with Crippen LogP contribution in [0.15, 0.2) is 48.6 Å². The first-order valence-corrected chi connectivity index (χ1v) is 25.4. The molecule has 3 atom stereocenters. The number of hydrogen-bond acceptors (Lipinski definition) is 5. The molecule has 3 unspecified atom stereocenters. The van der Waals surface area contributed by atoms with Gasteiger partial charge in [0.25, 0.3) is 0 Å². The minimum atomic E-state index is -0.795. The summed E-state index contributed by atoms with van der Waals surface area (Å²) in [5.74, 6) is -0.511. The maximum Gasteiger partial charge on any atom is 0.306 e. The molecule has 6 nitrogen and oxygen atoms in total. The van der Waals surface area contributed by atoms with Crippen LogP contribution in [0.1, 0.15) is 252 Å². The van der Waals surface area contributed by atoms with Crippen molar-refractivity contribution in [2.45, 2.75) is 270 Å². The molecule has 3 N–H and O–H groups in total. The molecule has 0 saturated carbocycles. The van der Waals surface area contributed by atoms with Crippen molar-refractivity contribution in [2.75, 3.05) is 6.61 Å². The SMILES string of the molecule is CCCCC/C=C/C=C/CCCCCCCCC(=O)OC(CCCCC/C=C/C=C/CCCCCCCCC)CC(=O)NC(CO)C(O)CCCCCCCCCCC. The van der Waals surface area contributed by atoms with E-state index in [9.17, 15) is 19.8 Å². The molecule has 0 aromatic carbocycles. The van der Waals surface area contributed by atoms with E-state index in [1.165, 1.54) is 128 Å². The molecule has 0 aliphatic heterocycles. The number of hydrogen-bond donors (Lipinski definition) is 3. The van der Waals surface area contributed by atoms with Gasteiger partial charge >= 0.3 is 5.97 Å². The predicted molar refractivity (Wildman–Crippen MR) is 255 cm³/mol. The van der Waals surface area contributed by atoms with Crippen molar-refractivity contribution in [2.24, 2.45) is 0 Å². The van der Waals surface area contributed by atoms with Crippen LogP contribution < -0.4 is 5.32 Å². The lowest BCUT2D eigenvalue weighted by Gasteiger charge is -2.24. The Morgan fingerprint density at radius 3 is 1.31 bits per heavy atom. The van der Waals surface area contributed by atoms with E-state index in [1.807, 2.05) is 0 Å². The van der Waals surface area contributed by atoms with Crippen molar-refractivity contribution >= 4 is 11.9 Å². The summed E-state index contributed by atoms with van der Waals surface area (Å²) >= 11 is 0. The summed E-state index contributed by atoms with van der Waals surface area (Å²) in [5, 5.41) is 23.7. The van der Waals surface area contributed by atoms with Crippen LogP contribution in [0.4, 0.5) is 0 Å². The molecule has 0 rings (SSSR count). The van der Waals surface area contributed by atoms with E-state index in [1.54, 1.807) is 0 Å². The predicted octanol–water partition coefficient (Wildman–Crippen LogP) is 15.1. The third-order valence-electron chi connectivity index (χ3n) is 11.4. The van der Waals surface area contributed by atoms with Crippen LogP contribution in [-0.2, 0) is 14.3 Å². The van der Waals surface area contributed by atoms with E-state index in [-0.39, 0.29) is 24.9 Å². The van der Waals surface area contributed by atoms with Crippen LogP contribution in [0.2, 0.25) is 0 Å². The van der Waals surface area contributed by atoms with Gasteiger partial charge in [-0.25, -0.2) is 0 Å². The van der Waals surface area contributed by atoms with E-state index in [2.05, 4.69) is 74.7 Å². The Hall–Kier alpha value is -2.18. The van der Waals surface area contributed by atoms with Crippen molar-refractivity contribution < 1.29 is 24.5 Å². The lowest BCUT2D eigenvalue weighted by molar-refractivity contribution is -0.151. The van der Waals surface area contributed by atoms with E-state index >= 15 is 0 Å². The highest BCUT2D eigenvalue weighted by Crippen LogP contribution is 2.17. The number of aliphatic hydroxyl groups is 2. The maximum absolute atomic E-state index is 13.2. The number of rotatable bonds is 45. The van der Waals surface area contributed by atoms with Crippen molar-refractivity contribution in [3.63, 3.8) is 0 Å². The standard InChI is InChI=1S/C53H97NO5/c1-4-7-10-13-16-19-21-23-25-27-28-30-33-35-38-41-44-49(47-52(57)54-50(48-55)51(56)45-42-39-36-32-18-15-12-9-6-3)59-53(58)46-43-40-37-34-31-29-26-24-22-20-17-14-11-8-5-2/h17,20,22,24-25,27-28,30,49-51,55-56H,4-16,18-19,21,23,26,29,31-48H2,1-3H3,(H,54,57)/b20-17+,24-22+,27-25+,30-28+. The zero-order chi connectivity index (χ0) is 43.1. The highest BCUT2D eigenvalue weighted by atomic mass is 16.5. The van der Waals surface area contributed by atoms with E-state index < -0.39 is 18.2 Å². The molecule has 0 aliphatic carbocycles. The van der Waals surface area contributed by atoms with Gasteiger partial charge in [0.1, 0.15) is 6.10 Å². The van der Waals surface area contributed by atoms with Gasteiger partial charge < -0.3 is 20.3 Å². The third kappa shape index (κ3) is 42.3. The summed E-state index contributed by atoms with van der Waals surface area (Å²) in [6, 6.07) is -0.711. The number of carbonyl (C=O) groups is 2. The Balaban J connectivity index is 4.65. The highest BCUT2D eigenvalue weighted by Gasteiger charge is 2.24. The smallest absolute Gasteiger partial charge is 0.306 e. The normalized spacial score (nSPS) is 13.6. The van der Waals surface area contributed by atoms with Crippen LogP contribution in [-0.4, -0.2) is 46.9 Å². The summed E-state index contributed by atoms with van der Waals surface area (Å²) in [4.78, 5) is 26.1. The van der Waals surface area contributed by atoms with Gasteiger partial charge in [0.05, 0.1) is 25.2 Å². The summed E-state index contributed by atoms with van der Waals surface area (Å²) in [7, 11) is 0. The van der Waals surface area contributed by atoms with Gasteiger partial charge in [-0.15, -0.1) is 0 Å². The summed E-state index contributed by atoms with van der Waals surface area (Å²) < 4.78 is 5.91. The van der Waals surface area contributed by atoms with Gasteiger partial charge in [0, 0.05) is 6.42 Å². The number of carbonyl (C=O) groups excluding carboxylic acids is 2. The first kappa shape index (κ1) is 56.8. The summed E-state index contributed by atoms with van der Waals surface area (Å²) in [6.45, 7) is 6.42. The van der Waals surface area contributed by atoms with Crippen molar-refractivity contribution in [1.29, 1.82) is 0 Å². The molecule has 0 aromatic heterocycles. The third-order valence-corrected chi connectivity index (χ3v) is 11.4. The molecule has 0 spiro atoms. The molecule has 59 heavy (non-hydrogen) atoms. The van der Waals surface area contributed by atoms with Crippen LogP contribution in [0.5, 0.6) is 0 Å². The molecule has 0 fully saturated rings. The van der Waals surface area contributed by atoms with Crippen LogP contribution in [0, 0.1) is 0 Å². The monoisotopic (exact) mass is 828 g/mol. The van der Waals surface area contributed by atoms with Crippen molar-refractivity contribution in [3.8, 4) is 0 Å². The highest BCUT2D eigenvalue weighted by molar-refractivity contribution is 5.77. The van der Waals surface area contributed by atoms with Crippen molar-refractivity contribution in [1.82, 2.24) is 5.32 Å². The second-order valence-corrected chi connectivity index (χ2v) is 17.3. The minimum absolute atomic E-state index is 0.0551. The molecule has 0 aromatic rings. The molecular formula is C53H97NO5. The van der Waals surface area contributed by atoms with Gasteiger partial charge in [-0.3, -0.25) is 9.59 Å². The Morgan fingerprint density at radius 1 is 0.492 bits per heavy atom. The second kappa shape index (κ2) is 46.9. The van der Waals surface area contributed by atoms with Gasteiger partial charge in [-0.1, -0.05) is 211 Å². The number of esters is 1.